The summed E-state index contributed by atoms with van der Waals surface area (Å²) in [4.78, 5) is 16.3. The van der Waals surface area contributed by atoms with Crippen LogP contribution < -0.4 is 0 Å². The zero-order valence-electron chi connectivity index (χ0n) is 10.3. The predicted molar refractivity (Wildman–Crippen MR) is 69.7 cm³/mol. The number of nitrogens with zero attached hydrogens (tertiary/aromatic N) is 1. The Labute approximate surface area is 111 Å². The van der Waals surface area contributed by atoms with Gasteiger partial charge in [-0.2, -0.15) is 0 Å². The van der Waals surface area contributed by atoms with Gasteiger partial charge in [0.1, 0.15) is 0 Å². The fourth-order valence-corrected chi connectivity index (χ4v) is 5.18. The smallest absolute Gasteiger partial charge is 0.314 e. The Kier molecular flexibility index (Phi) is 2.33. The van der Waals surface area contributed by atoms with Crippen LogP contribution >= 0.6 is 11.3 Å². The third-order valence-corrected chi connectivity index (χ3v) is 6.00. The quantitative estimate of drug-likeness (QED) is 0.728. The molecule has 18 heavy (non-hydrogen) atoms. The summed E-state index contributed by atoms with van der Waals surface area (Å²) in [6, 6.07) is 4.71. The fraction of sp³-hybridized carbons (Fsp3) is 0.643. The second-order valence-electron chi connectivity index (χ2n) is 5.65. The van der Waals surface area contributed by atoms with Crippen molar-refractivity contribution in [3.8, 4) is 0 Å². The number of carbonyl (C=O) groups excluding carboxylic acids is 1. The summed E-state index contributed by atoms with van der Waals surface area (Å²) < 4.78 is 5.37. The molecule has 0 saturated carbocycles. The standard InChI is InChI=1S/C14H17NO2S/c16-13-14(5-7-17-13)10(11-3-2-8-18-11)9-15-6-1-4-12(14)15/h2-3,8,10,12H,1,4-7,9H2/t10-,12-,14+/m0/s1. The summed E-state index contributed by atoms with van der Waals surface area (Å²) in [7, 11) is 0. The molecule has 0 amide bonds. The van der Waals surface area contributed by atoms with E-state index in [0.717, 1.165) is 25.9 Å². The maximum Gasteiger partial charge on any atom is 0.314 e. The molecule has 4 heteroatoms. The zero-order chi connectivity index (χ0) is 12.2. The first-order chi connectivity index (χ1) is 8.82. The van der Waals surface area contributed by atoms with Crippen molar-refractivity contribution in [2.75, 3.05) is 19.7 Å². The molecule has 96 valence electrons. The van der Waals surface area contributed by atoms with E-state index in [2.05, 4.69) is 22.4 Å². The SMILES string of the molecule is O=C1OCC[C@@]12[C@@H]1CCCN1C[C@H]2c1cccs1. The van der Waals surface area contributed by atoms with Gasteiger partial charge in [0.25, 0.3) is 0 Å². The Bertz CT molecular complexity index is 472. The van der Waals surface area contributed by atoms with Crippen LogP contribution in [0.3, 0.4) is 0 Å². The van der Waals surface area contributed by atoms with Gasteiger partial charge in [-0.1, -0.05) is 6.07 Å². The van der Waals surface area contributed by atoms with Crippen molar-refractivity contribution in [2.24, 2.45) is 5.41 Å². The second-order valence-corrected chi connectivity index (χ2v) is 6.63. The molecule has 3 aliphatic heterocycles. The van der Waals surface area contributed by atoms with Gasteiger partial charge in [-0.05, 0) is 37.3 Å². The summed E-state index contributed by atoms with van der Waals surface area (Å²) in [5.41, 5.74) is -0.235. The Morgan fingerprint density at radius 1 is 1.50 bits per heavy atom. The molecule has 0 unspecified atom stereocenters. The Morgan fingerprint density at radius 3 is 3.17 bits per heavy atom. The van der Waals surface area contributed by atoms with Crippen molar-refractivity contribution in [2.45, 2.75) is 31.2 Å². The van der Waals surface area contributed by atoms with E-state index in [1.54, 1.807) is 11.3 Å². The summed E-state index contributed by atoms with van der Waals surface area (Å²) >= 11 is 1.79. The van der Waals surface area contributed by atoms with Gasteiger partial charge in [0, 0.05) is 23.4 Å². The number of cyclic esters (lactones) is 1. The van der Waals surface area contributed by atoms with Crippen LogP contribution in [0.15, 0.2) is 17.5 Å². The molecule has 3 nitrogen and oxygen atoms in total. The summed E-state index contributed by atoms with van der Waals surface area (Å²) in [6.07, 6.45) is 3.31. The van der Waals surface area contributed by atoms with Crippen LogP contribution in [0.1, 0.15) is 30.1 Å². The average molecular weight is 263 g/mol. The van der Waals surface area contributed by atoms with Gasteiger partial charge in [0.05, 0.1) is 12.0 Å². The van der Waals surface area contributed by atoms with Crippen LogP contribution in [-0.2, 0) is 9.53 Å². The topological polar surface area (TPSA) is 29.5 Å². The van der Waals surface area contributed by atoms with Gasteiger partial charge in [-0.15, -0.1) is 11.3 Å². The molecule has 0 radical (unpaired) electrons. The minimum absolute atomic E-state index is 0.0651. The van der Waals surface area contributed by atoms with E-state index < -0.39 is 0 Å². The lowest BCUT2D eigenvalue weighted by molar-refractivity contribution is -0.147. The molecule has 3 aliphatic rings. The monoisotopic (exact) mass is 263 g/mol. The van der Waals surface area contributed by atoms with E-state index in [0.29, 0.717) is 18.6 Å². The highest BCUT2D eigenvalue weighted by atomic mass is 32.1. The molecule has 0 aromatic carbocycles. The number of ether oxygens (including phenoxy) is 1. The van der Waals surface area contributed by atoms with Gasteiger partial charge >= 0.3 is 5.97 Å². The zero-order valence-corrected chi connectivity index (χ0v) is 11.1. The number of rotatable bonds is 1. The highest BCUT2D eigenvalue weighted by Crippen LogP contribution is 2.56. The Morgan fingerprint density at radius 2 is 2.44 bits per heavy atom. The minimum atomic E-state index is -0.235. The summed E-state index contributed by atoms with van der Waals surface area (Å²) in [5.74, 6) is 0.424. The van der Waals surface area contributed by atoms with Crippen LogP contribution in [0.5, 0.6) is 0 Å². The first kappa shape index (κ1) is 11.0. The Hall–Kier alpha value is -0.870. The van der Waals surface area contributed by atoms with E-state index in [9.17, 15) is 4.79 Å². The third-order valence-electron chi connectivity index (χ3n) is 5.01. The molecule has 3 atom stereocenters. The molecule has 0 bridgehead atoms. The van der Waals surface area contributed by atoms with Crippen molar-refractivity contribution in [1.82, 2.24) is 4.90 Å². The molecule has 1 aromatic heterocycles. The molecule has 1 spiro atoms. The number of hydrogen-bond acceptors (Lipinski definition) is 4. The first-order valence-electron chi connectivity index (χ1n) is 6.77. The highest BCUT2D eigenvalue weighted by Gasteiger charge is 2.63. The van der Waals surface area contributed by atoms with Gasteiger partial charge in [0.15, 0.2) is 0 Å². The van der Waals surface area contributed by atoms with E-state index in [4.69, 9.17) is 4.74 Å². The fourth-order valence-electron chi connectivity index (χ4n) is 4.26. The van der Waals surface area contributed by atoms with Crippen LogP contribution in [0.25, 0.3) is 0 Å². The maximum absolute atomic E-state index is 12.4. The molecule has 4 rings (SSSR count). The largest absolute Gasteiger partial charge is 0.465 e. The lowest BCUT2D eigenvalue weighted by Crippen LogP contribution is -2.41. The van der Waals surface area contributed by atoms with Crippen LogP contribution in [-0.4, -0.2) is 36.6 Å². The number of thiophene rings is 1. The molecule has 4 heterocycles. The van der Waals surface area contributed by atoms with E-state index in [1.807, 2.05) is 0 Å². The van der Waals surface area contributed by atoms with Gasteiger partial charge < -0.3 is 4.74 Å². The van der Waals surface area contributed by atoms with Gasteiger partial charge in [-0.25, -0.2) is 0 Å². The molecule has 1 aromatic rings. The highest BCUT2D eigenvalue weighted by molar-refractivity contribution is 7.10. The number of fused-ring (bicyclic) bond motifs is 2. The molecule has 0 aliphatic carbocycles. The second kappa shape index (κ2) is 3.81. The third kappa shape index (κ3) is 1.25. The molecule has 3 fully saturated rings. The lowest BCUT2D eigenvalue weighted by Gasteiger charge is -2.30. The van der Waals surface area contributed by atoms with Gasteiger partial charge in [0.2, 0.25) is 0 Å². The average Bonchev–Trinajstić information content (AvgIpc) is 3.09. The van der Waals surface area contributed by atoms with Crippen molar-refractivity contribution in [3.63, 3.8) is 0 Å². The minimum Gasteiger partial charge on any atom is -0.465 e. The maximum atomic E-state index is 12.4. The van der Waals surface area contributed by atoms with Crippen LogP contribution in [0.2, 0.25) is 0 Å². The number of hydrogen-bond donors (Lipinski definition) is 0. The number of carbonyl (C=O) groups is 1. The summed E-state index contributed by atoms with van der Waals surface area (Å²) in [6.45, 7) is 2.81. The molecular formula is C14H17NO2S. The molecule has 0 N–H and O–H groups in total. The van der Waals surface area contributed by atoms with E-state index in [1.165, 1.54) is 11.3 Å². The predicted octanol–water partition coefficient (Wildman–Crippen LogP) is 2.24. The van der Waals surface area contributed by atoms with Crippen LogP contribution in [0.4, 0.5) is 0 Å². The van der Waals surface area contributed by atoms with Crippen molar-refractivity contribution < 1.29 is 9.53 Å². The molecule has 3 saturated heterocycles. The van der Waals surface area contributed by atoms with Gasteiger partial charge in [-0.3, -0.25) is 9.69 Å². The normalized spacial score (nSPS) is 39.4. The van der Waals surface area contributed by atoms with E-state index >= 15 is 0 Å². The van der Waals surface area contributed by atoms with Crippen LogP contribution in [0, 0.1) is 5.41 Å². The molecular weight excluding hydrogens is 246 g/mol. The van der Waals surface area contributed by atoms with Crippen molar-refractivity contribution in [1.29, 1.82) is 0 Å². The number of esters is 1. The summed E-state index contributed by atoms with van der Waals surface area (Å²) in [5, 5.41) is 2.12. The first-order valence-corrected chi connectivity index (χ1v) is 7.65. The lowest BCUT2D eigenvalue weighted by atomic mass is 9.70. The van der Waals surface area contributed by atoms with E-state index in [-0.39, 0.29) is 11.4 Å². The van der Waals surface area contributed by atoms with Crippen molar-refractivity contribution >= 4 is 17.3 Å². The Balaban J connectivity index is 1.81. The van der Waals surface area contributed by atoms with Crippen molar-refractivity contribution in [3.05, 3.63) is 22.4 Å².